The van der Waals surface area contributed by atoms with Crippen LogP contribution in [0.4, 0.5) is 0 Å². The van der Waals surface area contributed by atoms with Crippen LogP contribution < -0.4 is 32.7 Å². The molecule has 0 aliphatic heterocycles. The van der Waals surface area contributed by atoms with Gasteiger partial charge in [-0.2, -0.15) is 0 Å². The molecule has 0 heterocycles. The van der Waals surface area contributed by atoms with Gasteiger partial charge in [-0.15, -0.1) is 0 Å². The summed E-state index contributed by atoms with van der Waals surface area (Å²) in [6.07, 6.45) is 8.84. The number of nitrogens with one attached hydrogen (secondary N) is 4. The summed E-state index contributed by atoms with van der Waals surface area (Å²) in [5, 5.41) is 36.0. The number of aliphatic hydroxyl groups is 2. The molecule has 12 nitrogen and oxygen atoms in total. The predicted octanol–water partition coefficient (Wildman–Crippen LogP) is 4.04. The lowest BCUT2D eigenvalue weighted by Crippen LogP contribution is -2.62. The highest BCUT2D eigenvalue weighted by atomic mass is 16.3. The fourth-order valence-electron chi connectivity index (χ4n) is 8.66. The standard InChI is InChI=1S/C46H72N6O6/c1-29(2)39(51-43(55)35(47)25-31-17-9-5-10-18-31)45(57)49-37(27-33-21-13-7-14-22-33)41(53)42(54)38(28-34-23-15-8-16-24-34)50-46(58)40(30(3)4)52-44(56)36(48)26-32-19-11-6-12-20-32/h5-6,9-12,17-20,29-30,33-42,53-54H,7-8,13-16,21-28,47-48H2,1-4H3,(H,49,57)(H,50,58)(H,51,55)(H,52,56)/t35-,36-,37-,38-,39-,40-,41-,42-/m0/s1. The average Bonchev–Trinajstić information content (AvgIpc) is 3.21. The van der Waals surface area contributed by atoms with E-state index < -0.39 is 72.1 Å². The average molecular weight is 805 g/mol. The maximum atomic E-state index is 14.1. The van der Waals surface area contributed by atoms with Crippen molar-refractivity contribution in [3.8, 4) is 0 Å². The number of carbonyl (C=O) groups is 4. The van der Waals surface area contributed by atoms with Gasteiger partial charge in [-0.05, 0) is 60.5 Å². The Kier molecular flexibility index (Phi) is 19.1. The van der Waals surface area contributed by atoms with Crippen LogP contribution in [-0.4, -0.2) is 82.3 Å². The first kappa shape index (κ1) is 46.8. The van der Waals surface area contributed by atoms with Gasteiger partial charge in [0.15, 0.2) is 0 Å². The number of hydrogen-bond acceptors (Lipinski definition) is 8. The Bertz CT molecular complexity index is 1430. The van der Waals surface area contributed by atoms with Gasteiger partial charge >= 0.3 is 0 Å². The summed E-state index contributed by atoms with van der Waals surface area (Å²) in [5.41, 5.74) is 14.4. The predicted molar refractivity (Wildman–Crippen MR) is 228 cm³/mol. The third-order valence-electron chi connectivity index (χ3n) is 12.2. The smallest absolute Gasteiger partial charge is 0.243 e. The summed E-state index contributed by atoms with van der Waals surface area (Å²) in [6, 6.07) is 13.6. The molecule has 2 saturated carbocycles. The summed E-state index contributed by atoms with van der Waals surface area (Å²) in [7, 11) is 0. The summed E-state index contributed by atoms with van der Waals surface area (Å²) >= 11 is 0. The minimum atomic E-state index is -1.44. The van der Waals surface area contributed by atoms with E-state index in [1.165, 1.54) is 0 Å². The van der Waals surface area contributed by atoms with Crippen molar-refractivity contribution in [3.63, 3.8) is 0 Å². The van der Waals surface area contributed by atoms with Crippen LogP contribution in [0.3, 0.4) is 0 Å². The highest BCUT2D eigenvalue weighted by molar-refractivity contribution is 5.91. The first-order chi connectivity index (χ1) is 27.7. The maximum Gasteiger partial charge on any atom is 0.243 e. The lowest BCUT2D eigenvalue weighted by atomic mass is 9.80. The number of carbonyl (C=O) groups excluding carboxylic acids is 4. The lowest BCUT2D eigenvalue weighted by Gasteiger charge is -2.38. The van der Waals surface area contributed by atoms with Crippen LogP contribution in [-0.2, 0) is 32.0 Å². The zero-order valence-electron chi connectivity index (χ0n) is 35.3. The Morgan fingerprint density at radius 3 is 1.17 bits per heavy atom. The highest BCUT2D eigenvalue weighted by Crippen LogP contribution is 2.31. The van der Waals surface area contributed by atoms with Crippen LogP contribution in [0, 0.1) is 23.7 Å². The van der Waals surface area contributed by atoms with Gasteiger partial charge in [0.05, 0.1) is 24.2 Å². The van der Waals surface area contributed by atoms with Crippen molar-refractivity contribution in [2.75, 3.05) is 0 Å². The third-order valence-corrected chi connectivity index (χ3v) is 12.2. The Balaban J connectivity index is 1.52. The number of benzene rings is 2. The normalized spacial score (nSPS) is 19.6. The molecule has 4 rings (SSSR count). The molecule has 0 unspecified atom stereocenters. The van der Waals surface area contributed by atoms with E-state index in [0.717, 1.165) is 75.3 Å². The van der Waals surface area contributed by atoms with E-state index in [9.17, 15) is 29.4 Å². The van der Waals surface area contributed by atoms with E-state index in [0.29, 0.717) is 25.7 Å². The van der Waals surface area contributed by atoms with Gasteiger partial charge in [0.2, 0.25) is 23.6 Å². The van der Waals surface area contributed by atoms with Gasteiger partial charge < -0.3 is 42.9 Å². The zero-order chi connectivity index (χ0) is 42.2. The van der Waals surface area contributed by atoms with Gasteiger partial charge in [-0.3, -0.25) is 19.2 Å². The van der Waals surface area contributed by atoms with Gasteiger partial charge in [0, 0.05) is 0 Å². The molecular weight excluding hydrogens is 733 g/mol. The number of aliphatic hydroxyl groups excluding tert-OH is 2. The molecule has 0 aromatic heterocycles. The molecule has 0 bridgehead atoms. The van der Waals surface area contributed by atoms with E-state index in [-0.39, 0.29) is 23.7 Å². The first-order valence-electron chi connectivity index (χ1n) is 21.9. The van der Waals surface area contributed by atoms with Crippen LogP contribution in [0.15, 0.2) is 60.7 Å². The molecule has 10 N–H and O–H groups in total. The first-order valence-corrected chi connectivity index (χ1v) is 21.9. The fourth-order valence-corrected chi connectivity index (χ4v) is 8.66. The Morgan fingerprint density at radius 1 is 0.534 bits per heavy atom. The van der Waals surface area contributed by atoms with E-state index in [1.807, 2.05) is 88.4 Å². The molecule has 8 atom stereocenters. The molecule has 2 aliphatic carbocycles. The van der Waals surface area contributed by atoms with Crippen LogP contribution in [0.5, 0.6) is 0 Å². The summed E-state index contributed by atoms with van der Waals surface area (Å²) in [5.74, 6) is -2.00. The van der Waals surface area contributed by atoms with Crippen molar-refractivity contribution in [3.05, 3.63) is 71.8 Å². The highest BCUT2D eigenvalue weighted by Gasteiger charge is 2.39. The molecular formula is C46H72N6O6. The van der Waals surface area contributed by atoms with Crippen molar-refractivity contribution in [2.24, 2.45) is 35.1 Å². The minimum Gasteiger partial charge on any atom is -0.388 e. The molecule has 0 spiro atoms. The third kappa shape index (κ3) is 14.8. The van der Waals surface area contributed by atoms with E-state index in [2.05, 4.69) is 21.3 Å². The summed E-state index contributed by atoms with van der Waals surface area (Å²) < 4.78 is 0. The minimum absolute atomic E-state index is 0.222. The number of rotatable bonds is 21. The fraction of sp³-hybridized carbons (Fsp3) is 0.652. The van der Waals surface area contributed by atoms with Crippen molar-refractivity contribution in [2.45, 2.75) is 166 Å². The second kappa shape index (κ2) is 23.7. The van der Waals surface area contributed by atoms with E-state index in [1.54, 1.807) is 0 Å². The molecule has 0 radical (unpaired) electrons. The molecule has 2 fully saturated rings. The number of nitrogens with two attached hydrogens (primary N) is 2. The second-order valence-corrected chi connectivity index (χ2v) is 17.7. The molecule has 4 amide bonds. The van der Waals surface area contributed by atoms with Crippen molar-refractivity contribution in [1.82, 2.24) is 21.3 Å². The van der Waals surface area contributed by atoms with E-state index in [4.69, 9.17) is 11.5 Å². The van der Waals surface area contributed by atoms with Crippen molar-refractivity contribution < 1.29 is 29.4 Å². The topological polar surface area (TPSA) is 209 Å². The van der Waals surface area contributed by atoms with Gasteiger partial charge in [-0.25, -0.2) is 0 Å². The monoisotopic (exact) mass is 805 g/mol. The summed E-state index contributed by atoms with van der Waals surface area (Å²) in [4.78, 5) is 54.8. The van der Waals surface area contributed by atoms with E-state index >= 15 is 0 Å². The van der Waals surface area contributed by atoms with Crippen LogP contribution in [0.25, 0.3) is 0 Å². The van der Waals surface area contributed by atoms with Crippen LogP contribution in [0.2, 0.25) is 0 Å². The molecule has 2 aromatic rings. The maximum absolute atomic E-state index is 14.1. The van der Waals surface area contributed by atoms with Gasteiger partial charge in [0.25, 0.3) is 0 Å². The second-order valence-electron chi connectivity index (χ2n) is 17.7. The molecule has 12 heteroatoms. The zero-order valence-corrected chi connectivity index (χ0v) is 35.3. The van der Waals surface area contributed by atoms with Gasteiger partial charge in [0.1, 0.15) is 24.3 Å². The Labute approximate surface area is 346 Å². The molecule has 2 aromatic carbocycles. The quantitative estimate of drug-likeness (QED) is 0.0922. The Morgan fingerprint density at radius 2 is 0.862 bits per heavy atom. The SMILES string of the molecule is CC(C)[C@H](NC(=O)[C@@H](N)Cc1ccccc1)C(=O)N[C@@H](CC1CCCCC1)[C@H](O)[C@@H](O)[C@H](CC1CCCCC1)NC(=O)[C@@H](NC(=O)[C@@H](N)Cc1ccccc1)C(C)C. The number of amides is 4. The molecule has 0 saturated heterocycles. The summed E-state index contributed by atoms with van der Waals surface area (Å²) in [6.45, 7) is 7.34. The molecule has 58 heavy (non-hydrogen) atoms. The van der Waals surface area contributed by atoms with Crippen LogP contribution in [0.1, 0.15) is 116 Å². The lowest BCUT2D eigenvalue weighted by molar-refractivity contribution is -0.133. The van der Waals surface area contributed by atoms with Gasteiger partial charge in [-0.1, -0.05) is 153 Å². The molecule has 322 valence electrons. The van der Waals surface area contributed by atoms with Crippen molar-refractivity contribution in [1.29, 1.82) is 0 Å². The molecule has 2 aliphatic rings. The van der Waals surface area contributed by atoms with Crippen molar-refractivity contribution >= 4 is 23.6 Å². The largest absolute Gasteiger partial charge is 0.388 e. The van der Waals surface area contributed by atoms with Crippen LogP contribution >= 0.6 is 0 Å². The Hall–Kier alpha value is -3.84. The number of hydrogen-bond donors (Lipinski definition) is 8.